The molecule has 4 aliphatic rings. The first-order valence-electron chi connectivity index (χ1n) is 36.6. The van der Waals surface area contributed by atoms with Gasteiger partial charge < -0.3 is 115 Å². The average Bonchev–Trinajstić information content (AvgIpc) is 0.781. The Labute approximate surface area is 565 Å². The number of carbonyl (C=O) groups is 2. The quantitative estimate of drug-likeness (QED) is 0.0290. The Morgan fingerprint density at radius 2 is 0.789 bits per heavy atom. The van der Waals surface area contributed by atoms with Crippen LogP contribution in [-0.2, 0) is 47.5 Å². The molecule has 4 heterocycles. The van der Waals surface area contributed by atoms with Crippen molar-refractivity contribution in [1.29, 1.82) is 0 Å². The summed E-state index contributed by atoms with van der Waals surface area (Å²) in [5, 5.41) is 147. The number of ether oxygens (including phenoxy) is 8. The molecule has 0 aromatic rings. The zero-order valence-electron chi connectivity index (χ0n) is 57.5. The van der Waals surface area contributed by atoms with Crippen LogP contribution in [-0.4, -0.2) is 246 Å². The maximum Gasteiger partial charge on any atom is 0.220 e. The van der Waals surface area contributed by atoms with Gasteiger partial charge in [-0.3, -0.25) is 9.59 Å². The molecule has 15 N–H and O–H groups in total. The van der Waals surface area contributed by atoms with Crippen LogP contribution in [0.3, 0.4) is 0 Å². The third-order valence-corrected chi connectivity index (χ3v) is 18.8. The van der Waals surface area contributed by atoms with E-state index in [-0.39, 0.29) is 12.3 Å². The van der Waals surface area contributed by atoms with Crippen LogP contribution in [0.4, 0.5) is 0 Å². The summed E-state index contributed by atoms with van der Waals surface area (Å²) < 4.78 is 46.7. The SMILES string of the molecule is CCCCCCCC/C=C\CCCCCCCCCCCCCCCC(=O)N[C@@H](CO[C@@H]1OC(CO)[C@@H](O[C@@H]2OC(CO)[C@H](O)[C@H](O[C@@H]3OC(CO)[C@@H](O[C@@H]4OC(CO)[C@H](O)[C@H](O)C4O)[C@H](O)C3NC(C)=O)C2O)[C@H](O)C1O)[C@H](O)/C=C/CCCCCCCCCCCCC. The van der Waals surface area contributed by atoms with Gasteiger partial charge in [-0.05, 0) is 44.9 Å². The highest BCUT2D eigenvalue weighted by Gasteiger charge is 2.56. The monoisotopic (exact) mass is 1360 g/mol. The van der Waals surface area contributed by atoms with Crippen molar-refractivity contribution >= 4 is 11.8 Å². The standard InChI is InChI=1S/C70H128N2O23/c1-4-6-8-10-12-14-16-18-19-20-21-22-23-24-25-26-27-29-31-33-35-37-39-41-54(79)72-48(49(78)40-38-36-34-32-30-28-17-15-13-11-9-7-5-2)46-88-68-62(86)60(84)65(53(45-76)92-68)94-70-63(87)66(57(81)51(43-74)90-70)95-67-55(71-47(3)77)58(82)64(52(44-75)91-67)93-69-61(85)59(83)56(80)50(42-73)89-69/h18-19,38,40,48-53,55-70,73-76,78,80-87H,4-17,20-37,39,41-46H2,1-3H3,(H,71,77)(H,72,79)/b19-18-,40-38+/t48-,49+,50?,51?,52?,53?,55?,56-,57-,58+,59-,60+,61?,62?,63?,64+,65+,66-,67-,68+,69-,70-/m0/s1. The van der Waals surface area contributed by atoms with E-state index in [9.17, 15) is 76.0 Å². The van der Waals surface area contributed by atoms with Crippen LogP contribution in [0.5, 0.6) is 0 Å². The maximum absolute atomic E-state index is 13.5. The van der Waals surface area contributed by atoms with Crippen molar-refractivity contribution in [2.24, 2.45) is 0 Å². The number of unbranched alkanes of at least 4 members (excludes halogenated alkanes) is 30. The first-order chi connectivity index (χ1) is 46.0. The fourth-order valence-electron chi connectivity index (χ4n) is 12.8. The minimum absolute atomic E-state index is 0.210. The lowest BCUT2D eigenvalue weighted by atomic mass is 9.94. The summed E-state index contributed by atoms with van der Waals surface area (Å²) in [7, 11) is 0. The number of allylic oxidation sites excluding steroid dienone is 3. The van der Waals surface area contributed by atoms with Gasteiger partial charge in [-0.25, -0.2) is 0 Å². The molecule has 25 heteroatoms. The predicted octanol–water partition coefficient (Wildman–Crippen LogP) is 4.68. The van der Waals surface area contributed by atoms with E-state index in [4.69, 9.17) is 37.9 Å². The van der Waals surface area contributed by atoms with Gasteiger partial charge in [0.1, 0.15) is 97.6 Å². The molecular weight excluding hydrogens is 1240 g/mol. The highest BCUT2D eigenvalue weighted by Crippen LogP contribution is 2.35. The Balaban J connectivity index is 1.30. The zero-order valence-corrected chi connectivity index (χ0v) is 57.5. The van der Waals surface area contributed by atoms with Crippen molar-refractivity contribution in [2.45, 2.75) is 374 Å². The second-order valence-electron chi connectivity index (χ2n) is 26.8. The summed E-state index contributed by atoms with van der Waals surface area (Å²) in [6.45, 7) is 1.60. The average molecular weight is 1370 g/mol. The van der Waals surface area contributed by atoms with Crippen molar-refractivity contribution in [3.05, 3.63) is 24.3 Å². The van der Waals surface area contributed by atoms with Crippen LogP contribution in [0.15, 0.2) is 24.3 Å². The molecule has 0 saturated carbocycles. The summed E-state index contributed by atoms with van der Waals surface area (Å²) in [5.41, 5.74) is 0. The van der Waals surface area contributed by atoms with E-state index in [0.717, 1.165) is 51.9 Å². The minimum Gasteiger partial charge on any atom is -0.394 e. The number of carbonyl (C=O) groups excluding carboxylic acids is 2. The fraction of sp³-hybridized carbons (Fsp3) is 0.914. The number of aliphatic hydroxyl groups is 13. The van der Waals surface area contributed by atoms with E-state index in [1.807, 2.05) is 6.08 Å². The van der Waals surface area contributed by atoms with E-state index < -0.39 is 174 Å². The second kappa shape index (κ2) is 50.0. The molecule has 0 spiro atoms. The normalized spacial score (nSPS) is 32.1. The van der Waals surface area contributed by atoms with E-state index in [2.05, 4.69) is 36.6 Å². The van der Waals surface area contributed by atoms with Gasteiger partial charge in [0.25, 0.3) is 0 Å². The first kappa shape index (κ1) is 85.0. The van der Waals surface area contributed by atoms with Gasteiger partial charge in [0.2, 0.25) is 11.8 Å². The van der Waals surface area contributed by atoms with Gasteiger partial charge in [0, 0.05) is 13.3 Å². The third kappa shape index (κ3) is 30.8. The van der Waals surface area contributed by atoms with E-state index >= 15 is 0 Å². The molecule has 4 fully saturated rings. The van der Waals surface area contributed by atoms with Gasteiger partial charge in [0.15, 0.2) is 25.2 Å². The lowest BCUT2D eigenvalue weighted by molar-refractivity contribution is -0.381. The molecule has 4 saturated heterocycles. The van der Waals surface area contributed by atoms with Crippen LogP contribution >= 0.6 is 0 Å². The van der Waals surface area contributed by atoms with Crippen LogP contribution in [0.25, 0.3) is 0 Å². The predicted molar refractivity (Wildman–Crippen MR) is 354 cm³/mol. The fourth-order valence-corrected chi connectivity index (χ4v) is 12.8. The summed E-state index contributed by atoms with van der Waals surface area (Å²) in [4.78, 5) is 26.0. The molecule has 8 unspecified atom stereocenters. The van der Waals surface area contributed by atoms with Crippen LogP contribution in [0.1, 0.15) is 239 Å². The number of aliphatic hydroxyl groups excluding tert-OH is 13. The lowest BCUT2D eigenvalue weighted by Crippen LogP contribution is -2.69. The molecule has 0 aliphatic carbocycles. The molecule has 95 heavy (non-hydrogen) atoms. The smallest absolute Gasteiger partial charge is 0.220 e. The zero-order chi connectivity index (χ0) is 69.3. The topological polar surface area (TPSA) is 395 Å². The number of nitrogens with one attached hydrogen (secondary N) is 2. The molecule has 0 aromatic carbocycles. The number of rotatable bonds is 52. The van der Waals surface area contributed by atoms with Crippen molar-refractivity contribution in [3.8, 4) is 0 Å². The van der Waals surface area contributed by atoms with E-state index in [0.29, 0.717) is 12.8 Å². The number of hydrogen-bond donors (Lipinski definition) is 15. The molecule has 22 atom stereocenters. The Kier molecular flexibility index (Phi) is 44.7. The van der Waals surface area contributed by atoms with Crippen molar-refractivity contribution in [3.63, 3.8) is 0 Å². The lowest BCUT2D eigenvalue weighted by Gasteiger charge is -2.50. The molecule has 25 nitrogen and oxygen atoms in total. The van der Waals surface area contributed by atoms with Crippen molar-refractivity contribution in [1.82, 2.24) is 10.6 Å². The molecular formula is C70H128N2O23. The molecule has 4 rings (SSSR count). The summed E-state index contributed by atoms with van der Waals surface area (Å²) in [5.74, 6) is -1.07. The molecule has 0 aromatic heterocycles. The summed E-state index contributed by atoms with van der Waals surface area (Å²) in [6.07, 6.45) is 12.4. The molecule has 2 amide bonds. The number of amides is 2. The van der Waals surface area contributed by atoms with Gasteiger partial charge in [-0.15, -0.1) is 0 Å². The van der Waals surface area contributed by atoms with Crippen molar-refractivity contribution < 1.29 is 114 Å². The molecule has 4 aliphatic heterocycles. The van der Waals surface area contributed by atoms with Crippen LogP contribution in [0.2, 0.25) is 0 Å². The Hall–Kier alpha value is -2.42. The molecule has 0 radical (unpaired) electrons. The van der Waals surface area contributed by atoms with E-state index in [1.165, 1.54) is 154 Å². The highest BCUT2D eigenvalue weighted by molar-refractivity contribution is 5.76. The largest absolute Gasteiger partial charge is 0.394 e. The third-order valence-electron chi connectivity index (χ3n) is 18.8. The van der Waals surface area contributed by atoms with Gasteiger partial charge in [-0.2, -0.15) is 0 Å². The number of hydrogen-bond acceptors (Lipinski definition) is 23. The first-order valence-corrected chi connectivity index (χ1v) is 36.6. The van der Waals surface area contributed by atoms with Gasteiger partial charge in [0.05, 0.1) is 45.2 Å². The van der Waals surface area contributed by atoms with E-state index in [1.54, 1.807) is 6.08 Å². The van der Waals surface area contributed by atoms with Crippen LogP contribution in [0, 0.1) is 0 Å². The Morgan fingerprint density at radius 3 is 1.25 bits per heavy atom. The summed E-state index contributed by atoms with van der Waals surface area (Å²) >= 11 is 0. The van der Waals surface area contributed by atoms with Gasteiger partial charge in [-0.1, -0.05) is 205 Å². The molecule has 556 valence electrons. The van der Waals surface area contributed by atoms with Crippen LogP contribution < -0.4 is 10.6 Å². The maximum atomic E-state index is 13.5. The second-order valence-corrected chi connectivity index (χ2v) is 26.8. The highest BCUT2D eigenvalue weighted by atomic mass is 16.8. The Morgan fingerprint density at radius 1 is 0.411 bits per heavy atom. The molecule has 0 bridgehead atoms. The van der Waals surface area contributed by atoms with Gasteiger partial charge >= 0.3 is 0 Å². The van der Waals surface area contributed by atoms with Crippen molar-refractivity contribution in [2.75, 3.05) is 33.0 Å². The summed E-state index contributed by atoms with van der Waals surface area (Å²) in [6, 6.07) is -2.68. The Bertz CT molecular complexity index is 2010. The minimum atomic E-state index is -2.09.